The fourth-order valence-electron chi connectivity index (χ4n) is 1.78. The van der Waals surface area contributed by atoms with Gasteiger partial charge in [0.1, 0.15) is 5.58 Å². The van der Waals surface area contributed by atoms with Gasteiger partial charge in [-0.2, -0.15) is 13.2 Å². The molecule has 2 aromatic rings. The van der Waals surface area contributed by atoms with Gasteiger partial charge in [-0.3, -0.25) is 0 Å². The second-order valence-corrected chi connectivity index (χ2v) is 4.11. The number of hydrogen-bond acceptors (Lipinski definition) is 3. The standard InChI is InChI=1S/C13H12F3NO2/c1-2-5-17-8-3-4-11-9(6-8)10(13(14,15)16)7-12(18)19-11/h3-4,6-7,17H,2,5H2,1H3. The maximum absolute atomic E-state index is 12.9. The zero-order valence-electron chi connectivity index (χ0n) is 10.2. The number of halogens is 3. The first-order valence-electron chi connectivity index (χ1n) is 5.81. The monoisotopic (exact) mass is 271 g/mol. The summed E-state index contributed by atoms with van der Waals surface area (Å²) in [5.41, 5.74) is -1.48. The summed E-state index contributed by atoms with van der Waals surface area (Å²) in [5, 5.41) is 2.88. The molecule has 2 rings (SSSR count). The van der Waals surface area contributed by atoms with Gasteiger partial charge in [0.25, 0.3) is 0 Å². The van der Waals surface area contributed by atoms with Gasteiger partial charge < -0.3 is 9.73 Å². The predicted octanol–water partition coefficient (Wildman–Crippen LogP) is 3.63. The van der Waals surface area contributed by atoms with Crippen molar-refractivity contribution in [2.75, 3.05) is 11.9 Å². The third-order valence-corrected chi connectivity index (χ3v) is 2.63. The van der Waals surface area contributed by atoms with Crippen molar-refractivity contribution in [1.29, 1.82) is 0 Å². The van der Waals surface area contributed by atoms with Gasteiger partial charge in [-0.25, -0.2) is 4.79 Å². The van der Waals surface area contributed by atoms with E-state index in [1.54, 1.807) is 6.07 Å². The Morgan fingerprint density at radius 1 is 1.26 bits per heavy atom. The molecule has 0 atom stereocenters. The van der Waals surface area contributed by atoms with Crippen molar-refractivity contribution in [3.63, 3.8) is 0 Å². The molecule has 0 aliphatic carbocycles. The van der Waals surface area contributed by atoms with E-state index < -0.39 is 17.4 Å². The minimum atomic E-state index is -4.59. The third-order valence-electron chi connectivity index (χ3n) is 2.63. The van der Waals surface area contributed by atoms with Gasteiger partial charge in [-0.05, 0) is 24.6 Å². The van der Waals surface area contributed by atoms with E-state index in [0.717, 1.165) is 6.42 Å². The first-order chi connectivity index (χ1) is 8.91. The summed E-state index contributed by atoms with van der Waals surface area (Å²) in [7, 11) is 0. The van der Waals surface area contributed by atoms with E-state index in [9.17, 15) is 18.0 Å². The Labute approximate surface area is 107 Å². The summed E-state index contributed by atoms with van der Waals surface area (Å²) in [4.78, 5) is 11.1. The average Bonchev–Trinajstić information content (AvgIpc) is 2.34. The highest BCUT2D eigenvalue weighted by molar-refractivity contribution is 5.84. The van der Waals surface area contributed by atoms with E-state index in [1.807, 2.05) is 6.92 Å². The molecule has 0 saturated carbocycles. The van der Waals surface area contributed by atoms with Crippen LogP contribution in [0.4, 0.5) is 18.9 Å². The first kappa shape index (κ1) is 13.5. The molecule has 0 fully saturated rings. The van der Waals surface area contributed by atoms with Crippen LogP contribution in [0.5, 0.6) is 0 Å². The summed E-state index contributed by atoms with van der Waals surface area (Å²) < 4.78 is 43.4. The Kier molecular flexibility index (Phi) is 3.50. The molecule has 0 spiro atoms. The van der Waals surface area contributed by atoms with E-state index in [2.05, 4.69) is 5.32 Å². The molecular weight excluding hydrogens is 259 g/mol. The molecule has 102 valence electrons. The quantitative estimate of drug-likeness (QED) is 0.867. The maximum atomic E-state index is 12.9. The zero-order valence-corrected chi connectivity index (χ0v) is 10.2. The van der Waals surface area contributed by atoms with Crippen LogP contribution in [0.15, 0.2) is 33.5 Å². The molecule has 0 amide bonds. The lowest BCUT2D eigenvalue weighted by atomic mass is 10.1. The minimum absolute atomic E-state index is 0.0677. The van der Waals surface area contributed by atoms with Crippen LogP contribution in [-0.2, 0) is 6.18 Å². The van der Waals surface area contributed by atoms with Crippen LogP contribution < -0.4 is 10.9 Å². The molecular formula is C13H12F3NO2. The minimum Gasteiger partial charge on any atom is -0.423 e. The normalized spacial score (nSPS) is 11.8. The van der Waals surface area contributed by atoms with Crippen LogP contribution in [0.25, 0.3) is 11.0 Å². The fourth-order valence-corrected chi connectivity index (χ4v) is 1.78. The Morgan fingerprint density at radius 2 is 2.00 bits per heavy atom. The second-order valence-electron chi connectivity index (χ2n) is 4.11. The smallest absolute Gasteiger partial charge is 0.417 e. The fraction of sp³-hybridized carbons (Fsp3) is 0.308. The van der Waals surface area contributed by atoms with Gasteiger partial charge in [0.05, 0.1) is 5.56 Å². The molecule has 3 nitrogen and oxygen atoms in total. The summed E-state index contributed by atoms with van der Waals surface area (Å²) in [6, 6.07) is 4.77. The molecule has 0 aliphatic rings. The topological polar surface area (TPSA) is 42.2 Å². The molecule has 0 saturated heterocycles. The third kappa shape index (κ3) is 2.89. The predicted molar refractivity (Wildman–Crippen MR) is 66.3 cm³/mol. The number of anilines is 1. The molecule has 1 aromatic heterocycles. The van der Waals surface area contributed by atoms with Crippen LogP contribution in [0.3, 0.4) is 0 Å². The molecule has 1 heterocycles. The molecule has 1 aromatic carbocycles. The Bertz CT molecular complexity index is 646. The molecule has 0 radical (unpaired) electrons. The summed E-state index contributed by atoms with van der Waals surface area (Å²) in [5.74, 6) is 0. The number of nitrogens with one attached hydrogen (secondary N) is 1. The maximum Gasteiger partial charge on any atom is 0.417 e. The Morgan fingerprint density at radius 3 is 2.63 bits per heavy atom. The average molecular weight is 271 g/mol. The van der Waals surface area contributed by atoms with Gasteiger partial charge in [0, 0.05) is 23.7 Å². The van der Waals surface area contributed by atoms with Crippen LogP contribution in [-0.4, -0.2) is 6.54 Å². The van der Waals surface area contributed by atoms with Crippen LogP contribution >= 0.6 is 0 Å². The molecule has 0 aliphatic heterocycles. The number of rotatable bonds is 3. The summed E-state index contributed by atoms with van der Waals surface area (Å²) in [6.07, 6.45) is -3.73. The van der Waals surface area contributed by atoms with E-state index >= 15 is 0 Å². The molecule has 0 bridgehead atoms. The lowest BCUT2D eigenvalue weighted by Crippen LogP contribution is -2.11. The SMILES string of the molecule is CCCNc1ccc2oc(=O)cc(C(F)(F)F)c2c1. The van der Waals surface area contributed by atoms with Crippen molar-refractivity contribution in [2.24, 2.45) is 0 Å². The number of fused-ring (bicyclic) bond motifs is 1. The van der Waals surface area contributed by atoms with E-state index in [1.165, 1.54) is 12.1 Å². The van der Waals surface area contributed by atoms with Gasteiger partial charge in [-0.1, -0.05) is 6.92 Å². The summed E-state index contributed by atoms with van der Waals surface area (Å²) >= 11 is 0. The summed E-state index contributed by atoms with van der Waals surface area (Å²) in [6.45, 7) is 2.61. The van der Waals surface area contributed by atoms with Crippen molar-refractivity contribution in [2.45, 2.75) is 19.5 Å². The van der Waals surface area contributed by atoms with E-state index in [-0.39, 0.29) is 11.0 Å². The van der Waals surface area contributed by atoms with Crippen molar-refractivity contribution in [3.05, 3.63) is 40.2 Å². The molecule has 1 N–H and O–H groups in total. The van der Waals surface area contributed by atoms with Crippen molar-refractivity contribution in [3.8, 4) is 0 Å². The Hall–Kier alpha value is -1.98. The highest BCUT2D eigenvalue weighted by Gasteiger charge is 2.33. The first-order valence-corrected chi connectivity index (χ1v) is 5.81. The molecule has 6 heteroatoms. The lowest BCUT2D eigenvalue weighted by molar-refractivity contribution is -0.136. The van der Waals surface area contributed by atoms with Crippen molar-refractivity contribution < 1.29 is 17.6 Å². The van der Waals surface area contributed by atoms with Gasteiger partial charge in [0.2, 0.25) is 0 Å². The van der Waals surface area contributed by atoms with Gasteiger partial charge in [-0.15, -0.1) is 0 Å². The van der Waals surface area contributed by atoms with Crippen molar-refractivity contribution >= 4 is 16.7 Å². The van der Waals surface area contributed by atoms with Crippen molar-refractivity contribution in [1.82, 2.24) is 0 Å². The number of benzene rings is 1. The molecule has 0 unspecified atom stereocenters. The van der Waals surface area contributed by atoms with Gasteiger partial charge in [0.15, 0.2) is 0 Å². The van der Waals surface area contributed by atoms with Crippen LogP contribution in [0.2, 0.25) is 0 Å². The van der Waals surface area contributed by atoms with E-state index in [0.29, 0.717) is 18.3 Å². The van der Waals surface area contributed by atoms with Gasteiger partial charge >= 0.3 is 11.8 Å². The Balaban J connectivity index is 2.62. The lowest BCUT2D eigenvalue weighted by Gasteiger charge is -2.11. The zero-order chi connectivity index (χ0) is 14.0. The molecule has 19 heavy (non-hydrogen) atoms. The number of alkyl halides is 3. The highest BCUT2D eigenvalue weighted by Crippen LogP contribution is 2.34. The largest absolute Gasteiger partial charge is 0.423 e. The highest BCUT2D eigenvalue weighted by atomic mass is 19.4. The van der Waals surface area contributed by atoms with Crippen LogP contribution in [0, 0.1) is 0 Å². The number of hydrogen-bond donors (Lipinski definition) is 1. The second kappa shape index (κ2) is 4.95. The van der Waals surface area contributed by atoms with E-state index in [4.69, 9.17) is 4.42 Å². The van der Waals surface area contributed by atoms with Crippen LogP contribution in [0.1, 0.15) is 18.9 Å².